The molecular weight excluding hydrogens is 288 g/mol. The van der Waals surface area contributed by atoms with Gasteiger partial charge in [-0.25, -0.2) is 14.0 Å². The van der Waals surface area contributed by atoms with E-state index in [1.807, 2.05) is 38.1 Å². The second-order valence-electron chi connectivity index (χ2n) is 4.96. The van der Waals surface area contributed by atoms with E-state index < -0.39 is 11.0 Å². The van der Waals surface area contributed by atoms with Crippen LogP contribution in [-0.4, -0.2) is 35.4 Å². The minimum absolute atomic E-state index is 0.135. The average molecular weight is 312 g/mol. The Hall–Kier alpha value is -1.24. The van der Waals surface area contributed by atoms with Crippen LogP contribution >= 0.6 is 0 Å². The summed E-state index contributed by atoms with van der Waals surface area (Å²) in [4.78, 5) is 17.5. The van der Waals surface area contributed by atoms with Crippen LogP contribution in [0.15, 0.2) is 29.2 Å². The maximum atomic E-state index is 12.3. The molecule has 0 aliphatic carbocycles. The highest BCUT2D eigenvalue weighted by atomic mass is 32.2. The molecule has 0 fully saturated rings. The van der Waals surface area contributed by atoms with Crippen LogP contribution in [0.3, 0.4) is 0 Å². The van der Waals surface area contributed by atoms with Crippen LogP contribution in [0, 0.1) is 6.92 Å². The molecule has 0 aromatic heterocycles. The number of carbonyl (C=O) groups is 1. The molecule has 1 amide bonds. The second kappa shape index (κ2) is 8.92. The zero-order valence-corrected chi connectivity index (χ0v) is 13.9. The molecule has 0 saturated heterocycles. The number of carbonyl (C=O) groups excluding carboxylic acids is 1. The van der Waals surface area contributed by atoms with Crippen molar-refractivity contribution in [3.05, 3.63) is 29.8 Å². The average Bonchev–Trinajstić information content (AvgIpc) is 2.47. The molecule has 0 aliphatic heterocycles. The molecule has 21 heavy (non-hydrogen) atoms. The summed E-state index contributed by atoms with van der Waals surface area (Å²) >= 11 is 0. The Morgan fingerprint density at radius 1 is 1.38 bits per heavy atom. The molecule has 0 aliphatic rings. The van der Waals surface area contributed by atoms with Crippen molar-refractivity contribution < 1.29 is 13.8 Å². The Morgan fingerprint density at radius 2 is 2.00 bits per heavy atom. The fourth-order valence-corrected chi connectivity index (χ4v) is 2.90. The van der Waals surface area contributed by atoms with Gasteiger partial charge in [-0.05, 0) is 25.5 Å². The Balaban J connectivity index is 2.67. The van der Waals surface area contributed by atoms with Gasteiger partial charge < -0.3 is 0 Å². The summed E-state index contributed by atoms with van der Waals surface area (Å²) in [7, 11) is 1.70. The maximum absolute atomic E-state index is 12.3. The Morgan fingerprint density at radius 3 is 2.52 bits per heavy atom. The van der Waals surface area contributed by atoms with Crippen molar-refractivity contribution in [2.45, 2.75) is 44.0 Å². The molecule has 0 spiro atoms. The van der Waals surface area contributed by atoms with E-state index in [2.05, 4.69) is 4.72 Å². The lowest BCUT2D eigenvalue weighted by atomic mass is 10.1. The Bertz CT molecular complexity index is 476. The summed E-state index contributed by atoms with van der Waals surface area (Å²) in [5.74, 6) is -0.135. The van der Waals surface area contributed by atoms with E-state index in [0.29, 0.717) is 4.90 Å². The summed E-state index contributed by atoms with van der Waals surface area (Å²) < 4.78 is 15.3. The van der Waals surface area contributed by atoms with Gasteiger partial charge >= 0.3 is 0 Å². The van der Waals surface area contributed by atoms with E-state index in [0.717, 1.165) is 18.4 Å². The van der Waals surface area contributed by atoms with Gasteiger partial charge in [-0.3, -0.25) is 9.63 Å². The first kappa shape index (κ1) is 17.8. The van der Waals surface area contributed by atoms with E-state index in [-0.39, 0.29) is 18.4 Å². The van der Waals surface area contributed by atoms with Gasteiger partial charge in [0.1, 0.15) is 11.0 Å². The largest absolute Gasteiger partial charge is 0.275 e. The normalized spacial score (nSPS) is 13.7. The standard InChI is InChI=1S/C15H24N2O3S/c1-5-6-13(11-15(18)17(3)20-4)16-21(19)14-9-7-12(2)8-10-14/h7-10,13,16H,5-6,11H2,1-4H3/t13-,21-/m0/s1. The number of amides is 1. The monoisotopic (exact) mass is 312 g/mol. The number of rotatable bonds is 8. The summed E-state index contributed by atoms with van der Waals surface area (Å²) in [6, 6.07) is 7.39. The van der Waals surface area contributed by atoms with Crippen molar-refractivity contribution in [3.8, 4) is 0 Å². The zero-order valence-electron chi connectivity index (χ0n) is 13.1. The van der Waals surface area contributed by atoms with Crippen LogP contribution in [0.1, 0.15) is 31.7 Å². The molecule has 1 aromatic carbocycles. The van der Waals surface area contributed by atoms with Crippen molar-refractivity contribution in [1.82, 2.24) is 9.79 Å². The number of nitrogens with one attached hydrogen (secondary N) is 1. The van der Waals surface area contributed by atoms with Crippen molar-refractivity contribution in [2.24, 2.45) is 0 Å². The summed E-state index contributed by atoms with van der Waals surface area (Å²) in [5.41, 5.74) is 1.12. The van der Waals surface area contributed by atoms with E-state index in [4.69, 9.17) is 4.84 Å². The molecule has 6 heteroatoms. The van der Waals surface area contributed by atoms with Gasteiger partial charge in [0.15, 0.2) is 0 Å². The molecule has 1 rings (SSSR count). The highest BCUT2D eigenvalue weighted by molar-refractivity contribution is 7.83. The van der Waals surface area contributed by atoms with Gasteiger partial charge in [-0.1, -0.05) is 31.0 Å². The first-order valence-corrected chi connectivity index (χ1v) is 8.18. The zero-order chi connectivity index (χ0) is 15.8. The molecule has 0 heterocycles. The third-order valence-corrected chi connectivity index (χ3v) is 4.44. The lowest BCUT2D eigenvalue weighted by Crippen LogP contribution is -2.37. The fraction of sp³-hybridized carbons (Fsp3) is 0.533. The third-order valence-electron chi connectivity index (χ3n) is 3.19. The van der Waals surface area contributed by atoms with Crippen LogP contribution in [-0.2, 0) is 20.6 Å². The molecule has 1 N–H and O–H groups in total. The van der Waals surface area contributed by atoms with E-state index in [9.17, 15) is 9.00 Å². The molecule has 1 aromatic rings. The molecule has 0 radical (unpaired) electrons. The number of hydrogen-bond donors (Lipinski definition) is 1. The summed E-state index contributed by atoms with van der Waals surface area (Å²) in [6.45, 7) is 4.02. The van der Waals surface area contributed by atoms with Gasteiger partial charge in [0.2, 0.25) is 5.91 Å². The number of hydrogen-bond acceptors (Lipinski definition) is 3. The number of aryl methyl sites for hydroxylation is 1. The lowest BCUT2D eigenvalue weighted by molar-refractivity contribution is -0.169. The van der Waals surface area contributed by atoms with Gasteiger partial charge in [0.05, 0.1) is 12.0 Å². The lowest BCUT2D eigenvalue weighted by Gasteiger charge is -2.20. The molecule has 5 nitrogen and oxygen atoms in total. The number of hydroxylamine groups is 2. The highest BCUT2D eigenvalue weighted by Gasteiger charge is 2.18. The second-order valence-corrected chi connectivity index (χ2v) is 6.21. The third kappa shape index (κ3) is 5.95. The molecule has 2 atom stereocenters. The minimum atomic E-state index is -1.32. The topological polar surface area (TPSA) is 58.6 Å². The molecule has 118 valence electrons. The van der Waals surface area contributed by atoms with Gasteiger partial charge in [-0.2, -0.15) is 0 Å². The predicted molar refractivity (Wildman–Crippen MR) is 83.8 cm³/mol. The van der Waals surface area contributed by atoms with E-state index in [1.165, 1.54) is 12.2 Å². The van der Waals surface area contributed by atoms with Crippen LogP contribution in [0.4, 0.5) is 0 Å². The SMILES string of the molecule is CCC[C@@H](CC(=O)N(C)OC)N[S@@](=O)c1ccc(C)cc1. The molecular formula is C15H24N2O3S. The van der Waals surface area contributed by atoms with Crippen molar-refractivity contribution in [2.75, 3.05) is 14.2 Å². The first-order valence-electron chi connectivity index (χ1n) is 7.03. The summed E-state index contributed by atoms with van der Waals surface area (Å²) in [6.07, 6.45) is 1.95. The fourth-order valence-electron chi connectivity index (χ4n) is 1.87. The van der Waals surface area contributed by atoms with Crippen molar-refractivity contribution in [1.29, 1.82) is 0 Å². The first-order chi connectivity index (χ1) is 9.97. The van der Waals surface area contributed by atoms with Gasteiger partial charge in [-0.15, -0.1) is 0 Å². The quantitative estimate of drug-likeness (QED) is 0.749. The maximum Gasteiger partial charge on any atom is 0.247 e. The minimum Gasteiger partial charge on any atom is -0.275 e. The van der Waals surface area contributed by atoms with Crippen LogP contribution < -0.4 is 4.72 Å². The Labute approximate surface area is 129 Å². The smallest absolute Gasteiger partial charge is 0.247 e. The van der Waals surface area contributed by atoms with Crippen molar-refractivity contribution in [3.63, 3.8) is 0 Å². The number of benzene rings is 1. The van der Waals surface area contributed by atoms with Crippen LogP contribution in [0.2, 0.25) is 0 Å². The van der Waals surface area contributed by atoms with E-state index >= 15 is 0 Å². The number of nitrogens with zero attached hydrogens (tertiary/aromatic N) is 1. The molecule has 0 unspecified atom stereocenters. The van der Waals surface area contributed by atoms with Gasteiger partial charge in [0, 0.05) is 19.5 Å². The van der Waals surface area contributed by atoms with Crippen LogP contribution in [0.25, 0.3) is 0 Å². The highest BCUT2D eigenvalue weighted by Crippen LogP contribution is 2.11. The van der Waals surface area contributed by atoms with E-state index in [1.54, 1.807) is 7.05 Å². The van der Waals surface area contributed by atoms with Gasteiger partial charge in [0.25, 0.3) is 0 Å². The van der Waals surface area contributed by atoms with Crippen LogP contribution in [0.5, 0.6) is 0 Å². The summed E-state index contributed by atoms with van der Waals surface area (Å²) in [5, 5.41) is 1.19. The molecule has 0 bridgehead atoms. The van der Waals surface area contributed by atoms with Crippen molar-refractivity contribution >= 4 is 16.9 Å². The molecule has 0 saturated carbocycles. The Kier molecular flexibility index (Phi) is 7.56. The predicted octanol–water partition coefficient (Wildman–Crippen LogP) is 2.19.